The van der Waals surface area contributed by atoms with Crippen LogP contribution in [0.5, 0.6) is 0 Å². The zero-order valence-electron chi connectivity index (χ0n) is 7.32. The first kappa shape index (κ1) is 9.02. The van der Waals surface area contributed by atoms with Crippen LogP contribution < -0.4 is 5.43 Å². The highest BCUT2D eigenvalue weighted by Crippen LogP contribution is 2.26. The Morgan fingerprint density at radius 3 is 3.00 bits per heavy atom. The second-order valence-corrected chi connectivity index (χ2v) is 3.14. The lowest BCUT2D eigenvalue weighted by Crippen LogP contribution is -2.14. The topological polar surface area (TPSA) is 52.8 Å². The Labute approximate surface area is 85.5 Å². The van der Waals surface area contributed by atoms with Crippen LogP contribution in [-0.4, -0.2) is 18.8 Å². The Morgan fingerprint density at radius 1 is 1.50 bits per heavy atom. The Kier molecular flexibility index (Phi) is 2.13. The molecule has 1 aromatic carbocycles. The van der Waals surface area contributed by atoms with Crippen LogP contribution in [0.25, 0.3) is 0 Å². The molecular weight excluding hydrogens is 204 g/mol. The average molecular weight is 210 g/mol. The van der Waals surface area contributed by atoms with Crippen molar-refractivity contribution in [3.05, 3.63) is 28.8 Å². The molecule has 5 heteroatoms. The minimum Gasteiger partial charge on any atom is -0.464 e. The molecule has 0 spiro atoms. The van der Waals surface area contributed by atoms with E-state index in [9.17, 15) is 4.79 Å². The lowest BCUT2D eigenvalue weighted by Gasteiger charge is -1.99. The number of hydrogen-bond donors (Lipinski definition) is 0. The minimum atomic E-state index is -0.491. The molecule has 1 heterocycles. The summed E-state index contributed by atoms with van der Waals surface area (Å²) in [6.07, 6.45) is 0. The normalized spacial score (nSPS) is 12.9. The number of halogens is 1. The van der Waals surface area contributed by atoms with Gasteiger partial charge in [-0.05, 0) is 18.2 Å². The Morgan fingerprint density at radius 2 is 2.29 bits per heavy atom. The van der Waals surface area contributed by atoms with Gasteiger partial charge in [-0.25, -0.2) is 4.79 Å². The number of fused-ring (bicyclic) bond motifs is 1. The van der Waals surface area contributed by atoms with Crippen molar-refractivity contribution < 1.29 is 9.53 Å². The fourth-order valence-electron chi connectivity index (χ4n) is 1.19. The number of carbonyl (C=O) groups is 1. The monoisotopic (exact) mass is 209 g/mol. The van der Waals surface area contributed by atoms with E-state index in [0.717, 1.165) is 0 Å². The van der Waals surface area contributed by atoms with Gasteiger partial charge < -0.3 is 4.74 Å². The van der Waals surface area contributed by atoms with Crippen molar-refractivity contribution in [1.29, 1.82) is 0 Å². The summed E-state index contributed by atoms with van der Waals surface area (Å²) in [5, 5.41) is 4.29. The molecule has 0 amide bonds. The largest absolute Gasteiger partial charge is 0.464 e. The van der Waals surface area contributed by atoms with Gasteiger partial charge in [0.1, 0.15) is 0 Å². The molecule has 1 aromatic rings. The fourth-order valence-corrected chi connectivity index (χ4v) is 1.36. The molecule has 0 bridgehead atoms. The van der Waals surface area contributed by atoms with Crippen LogP contribution in [0.2, 0.25) is 5.02 Å². The van der Waals surface area contributed by atoms with E-state index in [1.807, 2.05) is 0 Å². The van der Waals surface area contributed by atoms with E-state index >= 15 is 0 Å². The number of benzene rings is 1. The van der Waals surface area contributed by atoms with E-state index < -0.39 is 5.97 Å². The summed E-state index contributed by atoms with van der Waals surface area (Å²) in [6, 6.07) is 5.03. The lowest BCUT2D eigenvalue weighted by molar-refractivity contribution is -0.132. The molecule has 0 atom stereocenters. The van der Waals surface area contributed by atoms with Crippen molar-refractivity contribution in [2.24, 2.45) is 5.10 Å². The highest BCUT2D eigenvalue weighted by Gasteiger charge is 2.24. The molecule has 0 aromatic heterocycles. The van der Waals surface area contributed by atoms with Crippen LogP contribution in [0.3, 0.4) is 0 Å². The maximum Gasteiger partial charge on any atom is 0.359 e. The molecule has 0 aliphatic carbocycles. The maximum atomic E-state index is 11.2. The van der Waals surface area contributed by atoms with E-state index in [1.54, 1.807) is 18.2 Å². The Hall–Kier alpha value is -1.55. The van der Waals surface area contributed by atoms with Gasteiger partial charge in [-0.2, -0.15) is 0 Å². The van der Waals surface area contributed by atoms with Crippen molar-refractivity contribution >= 4 is 29.0 Å². The molecular formula is C9H6ClN2O2. The van der Waals surface area contributed by atoms with Gasteiger partial charge in [0.2, 0.25) is 0 Å². The summed E-state index contributed by atoms with van der Waals surface area (Å²) < 4.78 is 4.56. The SMILES string of the molecule is COC(=O)C1=N[N]c2cc(Cl)ccc21. The second-order valence-electron chi connectivity index (χ2n) is 2.70. The first-order chi connectivity index (χ1) is 6.72. The molecule has 0 fully saturated rings. The average Bonchev–Trinajstić information content (AvgIpc) is 2.59. The maximum absolute atomic E-state index is 11.2. The summed E-state index contributed by atoms with van der Waals surface area (Å²) >= 11 is 5.76. The van der Waals surface area contributed by atoms with E-state index in [-0.39, 0.29) is 5.71 Å². The van der Waals surface area contributed by atoms with E-state index in [1.165, 1.54) is 7.11 Å². The summed E-state index contributed by atoms with van der Waals surface area (Å²) in [7, 11) is 1.30. The highest BCUT2D eigenvalue weighted by atomic mass is 35.5. The first-order valence-corrected chi connectivity index (χ1v) is 4.27. The predicted molar refractivity (Wildman–Crippen MR) is 51.8 cm³/mol. The van der Waals surface area contributed by atoms with E-state index in [2.05, 4.69) is 15.3 Å². The third-order valence-electron chi connectivity index (χ3n) is 1.85. The molecule has 1 radical (unpaired) electrons. The highest BCUT2D eigenvalue weighted by molar-refractivity contribution is 6.45. The standard InChI is InChI=1S/C9H6ClN2O2/c1-14-9(13)8-6-3-2-5(10)4-7(6)11-12-8/h2-4H,1H3. The molecule has 1 aliphatic rings. The van der Waals surface area contributed by atoms with E-state index in [0.29, 0.717) is 16.3 Å². The van der Waals surface area contributed by atoms with Crippen molar-refractivity contribution in [3.63, 3.8) is 0 Å². The van der Waals surface area contributed by atoms with Crippen molar-refractivity contribution in [1.82, 2.24) is 5.43 Å². The lowest BCUT2D eigenvalue weighted by atomic mass is 10.1. The smallest absolute Gasteiger partial charge is 0.359 e. The zero-order chi connectivity index (χ0) is 10.1. The molecule has 14 heavy (non-hydrogen) atoms. The van der Waals surface area contributed by atoms with Crippen molar-refractivity contribution in [2.75, 3.05) is 7.11 Å². The van der Waals surface area contributed by atoms with Crippen LogP contribution in [0.4, 0.5) is 5.69 Å². The van der Waals surface area contributed by atoms with Gasteiger partial charge in [0.25, 0.3) is 0 Å². The first-order valence-electron chi connectivity index (χ1n) is 3.89. The van der Waals surface area contributed by atoms with Gasteiger partial charge >= 0.3 is 5.97 Å². The fraction of sp³-hybridized carbons (Fsp3) is 0.111. The van der Waals surface area contributed by atoms with Crippen LogP contribution in [0.1, 0.15) is 5.56 Å². The number of carbonyl (C=O) groups excluding carboxylic acids is 1. The summed E-state index contributed by atoms with van der Waals surface area (Å²) in [6.45, 7) is 0. The van der Waals surface area contributed by atoms with Crippen molar-refractivity contribution in [3.8, 4) is 0 Å². The Bertz CT molecular complexity index is 429. The summed E-state index contributed by atoms with van der Waals surface area (Å²) in [5.41, 5.74) is 5.28. The summed E-state index contributed by atoms with van der Waals surface area (Å²) in [4.78, 5) is 11.2. The van der Waals surface area contributed by atoms with Gasteiger partial charge in [0.15, 0.2) is 5.71 Å². The third-order valence-corrected chi connectivity index (χ3v) is 2.09. The predicted octanol–water partition coefficient (Wildman–Crippen LogP) is 1.47. The second kappa shape index (κ2) is 3.31. The third kappa shape index (κ3) is 1.33. The molecule has 0 unspecified atom stereocenters. The molecule has 0 saturated heterocycles. The molecule has 1 aliphatic heterocycles. The summed E-state index contributed by atoms with van der Waals surface area (Å²) in [5.74, 6) is -0.491. The number of hydrogen-bond acceptors (Lipinski definition) is 3. The molecule has 0 N–H and O–H groups in total. The van der Waals surface area contributed by atoms with Crippen LogP contribution in [0.15, 0.2) is 23.3 Å². The number of rotatable bonds is 1. The van der Waals surface area contributed by atoms with Gasteiger partial charge in [-0.3, -0.25) is 0 Å². The van der Waals surface area contributed by atoms with Crippen LogP contribution in [0, 0.1) is 0 Å². The molecule has 0 saturated carbocycles. The number of ether oxygens (including phenoxy) is 1. The van der Waals surface area contributed by atoms with E-state index in [4.69, 9.17) is 11.6 Å². The van der Waals surface area contributed by atoms with Gasteiger partial charge in [0, 0.05) is 10.6 Å². The van der Waals surface area contributed by atoms with Gasteiger partial charge in [0.05, 0.1) is 12.8 Å². The van der Waals surface area contributed by atoms with Gasteiger partial charge in [-0.1, -0.05) is 11.6 Å². The number of esters is 1. The quantitative estimate of drug-likeness (QED) is 0.658. The molecule has 2 rings (SSSR count). The number of nitrogens with zero attached hydrogens (tertiary/aromatic N) is 2. The van der Waals surface area contributed by atoms with Crippen LogP contribution in [-0.2, 0) is 9.53 Å². The molecule has 4 nitrogen and oxygen atoms in total. The molecule has 71 valence electrons. The van der Waals surface area contributed by atoms with Crippen molar-refractivity contribution in [2.45, 2.75) is 0 Å². The zero-order valence-corrected chi connectivity index (χ0v) is 8.08. The number of methoxy groups -OCH3 is 1. The minimum absolute atomic E-state index is 0.221. The van der Waals surface area contributed by atoms with Gasteiger partial charge in [-0.15, -0.1) is 10.5 Å². The Balaban J connectivity index is 2.42. The van der Waals surface area contributed by atoms with Crippen LogP contribution >= 0.6 is 11.6 Å².